The van der Waals surface area contributed by atoms with Crippen molar-refractivity contribution in [3.05, 3.63) is 56.3 Å². The van der Waals surface area contributed by atoms with E-state index in [2.05, 4.69) is 33.1 Å². The van der Waals surface area contributed by atoms with E-state index in [1.807, 2.05) is 19.9 Å². The van der Waals surface area contributed by atoms with E-state index in [0.717, 1.165) is 24.0 Å². The van der Waals surface area contributed by atoms with Crippen LogP contribution in [0.2, 0.25) is 0 Å². The number of aryl methyl sites for hydroxylation is 2. The summed E-state index contributed by atoms with van der Waals surface area (Å²) >= 11 is 1.73. The number of benzene rings is 1. The summed E-state index contributed by atoms with van der Waals surface area (Å²) < 4.78 is 0. The fraction of sp³-hybridized carbons (Fsp3) is 0.435. The highest BCUT2D eigenvalue weighted by Crippen LogP contribution is 2.29. The SMILES string of the molecule is Cc1cc(C(=O)/C=C/c2scc(CC(C)C)c2CC(C)C)cc(C)c1O. The summed E-state index contributed by atoms with van der Waals surface area (Å²) in [5.41, 5.74) is 4.90. The van der Waals surface area contributed by atoms with E-state index >= 15 is 0 Å². The van der Waals surface area contributed by atoms with Crippen molar-refractivity contribution >= 4 is 23.2 Å². The molecule has 0 aliphatic rings. The summed E-state index contributed by atoms with van der Waals surface area (Å²) in [6, 6.07) is 3.51. The summed E-state index contributed by atoms with van der Waals surface area (Å²) in [6.07, 6.45) is 5.75. The van der Waals surface area contributed by atoms with Gasteiger partial charge in [0.15, 0.2) is 5.78 Å². The van der Waals surface area contributed by atoms with Crippen LogP contribution in [0.4, 0.5) is 0 Å². The van der Waals surface area contributed by atoms with Crippen molar-refractivity contribution in [2.45, 2.75) is 54.4 Å². The molecule has 0 amide bonds. The Kier molecular flexibility index (Phi) is 6.82. The summed E-state index contributed by atoms with van der Waals surface area (Å²) in [7, 11) is 0. The second kappa shape index (κ2) is 8.68. The molecule has 0 unspecified atom stereocenters. The van der Waals surface area contributed by atoms with Gasteiger partial charge in [-0.05, 0) is 90.4 Å². The van der Waals surface area contributed by atoms with Gasteiger partial charge in [-0.3, -0.25) is 4.79 Å². The van der Waals surface area contributed by atoms with Gasteiger partial charge in [-0.1, -0.05) is 27.7 Å². The Labute approximate surface area is 161 Å². The third-order valence-electron chi connectivity index (χ3n) is 4.42. The molecule has 0 bridgehead atoms. The molecule has 0 radical (unpaired) electrons. The Morgan fingerprint density at radius 3 is 2.19 bits per heavy atom. The molecule has 0 aliphatic carbocycles. The minimum absolute atomic E-state index is 0.0227. The Hall–Kier alpha value is -1.87. The highest BCUT2D eigenvalue weighted by Gasteiger charge is 2.14. The molecule has 26 heavy (non-hydrogen) atoms. The average molecular weight is 371 g/mol. The lowest BCUT2D eigenvalue weighted by atomic mass is 9.94. The zero-order valence-corrected chi connectivity index (χ0v) is 17.5. The van der Waals surface area contributed by atoms with Crippen LogP contribution in [0.5, 0.6) is 5.75 Å². The van der Waals surface area contributed by atoms with Crippen molar-refractivity contribution in [2.24, 2.45) is 11.8 Å². The highest BCUT2D eigenvalue weighted by atomic mass is 32.1. The summed E-state index contributed by atoms with van der Waals surface area (Å²) in [4.78, 5) is 13.8. The zero-order valence-electron chi connectivity index (χ0n) is 16.7. The first-order chi connectivity index (χ1) is 12.2. The minimum atomic E-state index is -0.0227. The van der Waals surface area contributed by atoms with Crippen molar-refractivity contribution in [3.63, 3.8) is 0 Å². The van der Waals surface area contributed by atoms with Crippen LogP contribution in [0.1, 0.15) is 65.2 Å². The molecule has 2 aromatic rings. The van der Waals surface area contributed by atoms with Crippen LogP contribution in [0.3, 0.4) is 0 Å². The van der Waals surface area contributed by atoms with Crippen molar-refractivity contribution < 1.29 is 9.90 Å². The smallest absolute Gasteiger partial charge is 0.185 e. The maximum absolute atomic E-state index is 12.6. The maximum atomic E-state index is 12.6. The van der Waals surface area contributed by atoms with E-state index in [9.17, 15) is 9.90 Å². The third kappa shape index (κ3) is 5.07. The topological polar surface area (TPSA) is 37.3 Å². The lowest BCUT2D eigenvalue weighted by molar-refractivity contribution is 0.104. The monoisotopic (exact) mass is 370 g/mol. The molecule has 2 nitrogen and oxygen atoms in total. The number of allylic oxidation sites excluding steroid dienone is 1. The van der Waals surface area contributed by atoms with E-state index in [1.165, 1.54) is 16.0 Å². The van der Waals surface area contributed by atoms with E-state index in [-0.39, 0.29) is 11.5 Å². The first-order valence-electron chi connectivity index (χ1n) is 9.30. The molecule has 0 spiro atoms. The number of aromatic hydroxyl groups is 1. The number of phenolic OH excluding ortho intramolecular Hbond substituents is 1. The summed E-state index contributed by atoms with van der Waals surface area (Å²) in [5.74, 6) is 1.45. The zero-order chi connectivity index (χ0) is 19.4. The molecule has 1 N–H and O–H groups in total. The predicted octanol–water partition coefficient (Wildman–Crippen LogP) is 6.36. The van der Waals surface area contributed by atoms with Crippen molar-refractivity contribution in [1.82, 2.24) is 0 Å². The number of ketones is 1. The quantitative estimate of drug-likeness (QED) is 0.454. The number of thiophene rings is 1. The molecule has 0 fully saturated rings. The van der Waals surface area contributed by atoms with Crippen molar-refractivity contribution in [2.75, 3.05) is 0 Å². The van der Waals surface area contributed by atoms with E-state index in [0.29, 0.717) is 17.4 Å². The number of carbonyl (C=O) groups is 1. The largest absolute Gasteiger partial charge is 0.507 e. The Morgan fingerprint density at radius 1 is 1.08 bits per heavy atom. The molecule has 2 rings (SSSR count). The Morgan fingerprint density at radius 2 is 1.65 bits per heavy atom. The molecule has 1 aromatic carbocycles. The number of rotatable bonds is 7. The van der Waals surface area contributed by atoms with Crippen LogP contribution in [0, 0.1) is 25.7 Å². The molecule has 3 heteroatoms. The predicted molar refractivity (Wildman–Crippen MR) is 112 cm³/mol. The fourth-order valence-corrected chi connectivity index (χ4v) is 4.18. The first kappa shape index (κ1) is 20.4. The van der Waals surface area contributed by atoms with Crippen LogP contribution < -0.4 is 0 Å². The standard InChI is InChI=1S/C23H30O2S/c1-14(2)9-19-13-26-22(20(19)10-15(3)4)8-7-21(24)18-11-16(5)23(25)17(6)12-18/h7-8,11-15,25H,9-10H2,1-6H3/b8-7+. The maximum Gasteiger partial charge on any atom is 0.185 e. The normalized spacial score (nSPS) is 11.8. The van der Waals surface area contributed by atoms with Crippen molar-refractivity contribution in [1.29, 1.82) is 0 Å². The Balaban J connectivity index is 2.29. The average Bonchev–Trinajstić information content (AvgIpc) is 2.90. The van der Waals surface area contributed by atoms with Gasteiger partial charge in [-0.2, -0.15) is 0 Å². The first-order valence-corrected chi connectivity index (χ1v) is 10.2. The highest BCUT2D eigenvalue weighted by molar-refractivity contribution is 7.11. The molecule has 0 aliphatic heterocycles. The number of phenols is 1. The second-order valence-corrected chi connectivity index (χ2v) is 8.87. The van der Waals surface area contributed by atoms with Crippen molar-refractivity contribution in [3.8, 4) is 5.75 Å². The molecular weight excluding hydrogens is 340 g/mol. The van der Waals surface area contributed by atoms with Gasteiger partial charge < -0.3 is 5.11 Å². The minimum Gasteiger partial charge on any atom is -0.507 e. The van der Waals surface area contributed by atoms with Crippen LogP contribution in [-0.4, -0.2) is 10.9 Å². The van der Waals surface area contributed by atoms with Gasteiger partial charge in [0.25, 0.3) is 0 Å². The lowest BCUT2D eigenvalue weighted by Crippen LogP contribution is -2.01. The lowest BCUT2D eigenvalue weighted by Gasteiger charge is -2.10. The number of hydrogen-bond acceptors (Lipinski definition) is 3. The third-order valence-corrected chi connectivity index (χ3v) is 5.45. The van der Waals surface area contributed by atoms with Gasteiger partial charge in [-0.15, -0.1) is 11.3 Å². The summed E-state index contributed by atoms with van der Waals surface area (Å²) in [6.45, 7) is 12.6. The van der Waals surface area contributed by atoms with E-state index in [4.69, 9.17) is 0 Å². The Bertz CT molecular complexity index is 787. The number of hydrogen-bond donors (Lipinski definition) is 1. The van der Waals surface area contributed by atoms with Gasteiger partial charge in [-0.25, -0.2) is 0 Å². The van der Waals surface area contributed by atoms with Gasteiger partial charge in [0.2, 0.25) is 0 Å². The number of carbonyl (C=O) groups excluding carboxylic acids is 1. The van der Waals surface area contributed by atoms with Gasteiger partial charge in [0.1, 0.15) is 5.75 Å². The van der Waals surface area contributed by atoms with E-state index < -0.39 is 0 Å². The fourth-order valence-electron chi connectivity index (χ4n) is 3.17. The second-order valence-electron chi connectivity index (χ2n) is 7.96. The van der Waals surface area contributed by atoms with Crippen LogP contribution >= 0.6 is 11.3 Å². The summed E-state index contributed by atoms with van der Waals surface area (Å²) in [5, 5.41) is 12.1. The van der Waals surface area contributed by atoms with Gasteiger partial charge in [0, 0.05) is 10.4 Å². The molecular formula is C23H30O2S. The van der Waals surface area contributed by atoms with Crippen LogP contribution in [0.15, 0.2) is 23.6 Å². The van der Waals surface area contributed by atoms with Crippen LogP contribution in [-0.2, 0) is 12.8 Å². The molecule has 1 heterocycles. The van der Waals surface area contributed by atoms with Gasteiger partial charge >= 0.3 is 0 Å². The molecule has 0 saturated carbocycles. The molecule has 0 saturated heterocycles. The van der Waals surface area contributed by atoms with Crippen LogP contribution in [0.25, 0.3) is 6.08 Å². The molecule has 140 valence electrons. The van der Waals surface area contributed by atoms with Gasteiger partial charge in [0.05, 0.1) is 0 Å². The van der Waals surface area contributed by atoms with E-state index in [1.54, 1.807) is 29.5 Å². The molecule has 1 aromatic heterocycles. The molecule has 0 atom stereocenters.